The van der Waals surface area contributed by atoms with Crippen LogP contribution in [0.1, 0.15) is 31.2 Å². The fourth-order valence-electron chi connectivity index (χ4n) is 4.05. The van der Waals surface area contributed by atoms with Gasteiger partial charge in [-0.2, -0.15) is 0 Å². The molecular formula is C20H25BrN4O4. The van der Waals surface area contributed by atoms with Crippen molar-refractivity contribution in [3.8, 4) is 0 Å². The van der Waals surface area contributed by atoms with Crippen LogP contribution in [0.3, 0.4) is 0 Å². The Hall–Kier alpha value is -2.13. The van der Waals surface area contributed by atoms with E-state index in [-0.39, 0.29) is 12.8 Å². The first-order valence-electron chi connectivity index (χ1n) is 10.1. The molecule has 156 valence electrons. The lowest BCUT2D eigenvalue weighted by atomic mass is 10.1. The number of hydrogen-bond donors (Lipinski definition) is 0. The van der Waals surface area contributed by atoms with Gasteiger partial charge in [-0.05, 0) is 30.5 Å². The molecule has 8 nitrogen and oxygen atoms in total. The predicted molar refractivity (Wildman–Crippen MR) is 110 cm³/mol. The van der Waals surface area contributed by atoms with Crippen LogP contribution in [0.5, 0.6) is 0 Å². The Morgan fingerprint density at radius 1 is 0.966 bits per heavy atom. The molecule has 0 N–H and O–H groups in total. The number of nitrogens with zero attached hydrogens (tertiary/aromatic N) is 4. The summed E-state index contributed by atoms with van der Waals surface area (Å²) in [6, 6.07) is 6.44. The molecule has 3 fully saturated rings. The van der Waals surface area contributed by atoms with Crippen molar-refractivity contribution < 1.29 is 19.2 Å². The van der Waals surface area contributed by atoms with Crippen molar-refractivity contribution in [2.45, 2.75) is 32.2 Å². The van der Waals surface area contributed by atoms with E-state index in [1.165, 1.54) is 24.1 Å². The summed E-state index contributed by atoms with van der Waals surface area (Å²) >= 11 is 3.59. The Labute approximate surface area is 178 Å². The van der Waals surface area contributed by atoms with Gasteiger partial charge in [-0.15, -0.1) is 5.06 Å². The highest BCUT2D eigenvalue weighted by atomic mass is 79.9. The molecule has 0 bridgehead atoms. The Morgan fingerprint density at radius 3 is 2.28 bits per heavy atom. The number of amides is 3. The number of hydroxylamine groups is 2. The smallest absolute Gasteiger partial charge is 0.371 e. The molecule has 4 rings (SSSR count). The van der Waals surface area contributed by atoms with Crippen molar-refractivity contribution in [3.05, 3.63) is 28.2 Å². The quantitative estimate of drug-likeness (QED) is 0.636. The van der Waals surface area contributed by atoms with Gasteiger partial charge in [-0.1, -0.05) is 22.0 Å². The van der Waals surface area contributed by atoms with Gasteiger partial charge in [-0.3, -0.25) is 14.5 Å². The van der Waals surface area contributed by atoms with E-state index < -0.39 is 17.9 Å². The highest BCUT2D eigenvalue weighted by molar-refractivity contribution is 9.10. The normalized spacial score (nSPS) is 20.7. The number of carbonyl (C=O) groups is 3. The van der Waals surface area contributed by atoms with E-state index >= 15 is 0 Å². The van der Waals surface area contributed by atoms with Gasteiger partial charge in [0.15, 0.2) is 0 Å². The topological polar surface area (TPSA) is 73.4 Å². The number of imide groups is 1. The van der Waals surface area contributed by atoms with E-state index in [0.29, 0.717) is 31.2 Å². The first-order valence-corrected chi connectivity index (χ1v) is 10.9. The van der Waals surface area contributed by atoms with Crippen LogP contribution in [0.2, 0.25) is 0 Å². The third kappa shape index (κ3) is 4.56. The summed E-state index contributed by atoms with van der Waals surface area (Å²) < 4.78 is 1.08. The molecule has 9 heteroatoms. The maximum atomic E-state index is 12.3. The highest BCUT2D eigenvalue weighted by Crippen LogP contribution is 2.29. The molecule has 0 aliphatic carbocycles. The number of piperazine rings is 1. The zero-order chi connectivity index (χ0) is 20.4. The molecule has 0 radical (unpaired) electrons. The van der Waals surface area contributed by atoms with Gasteiger partial charge in [0.25, 0.3) is 11.8 Å². The Kier molecular flexibility index (Phi) is 6.05. The molecule has 0 unspecified atom stereocenters. The summed E-state index contributed by atoms with van der Waals surface area (Å²) in [5.41, 5.74) is 2.57. The van der Waals surface area contributed by atoms with Gasteiger partial charge in [0.05, 0.1) is 0 Å². The summed E-state index contributed by atoms with van der Waals surface area (Å²) in [5.74, 6) is -0.904. The van der Waals surface area contributed by atoms with Crippen molar-refractivity contribution in [2.24, 2.45) is 0 Å². The maximum absolute atomic E-state index is 12.3. The lowest BCUT2D eigenvalue weighted by Gasteiger charge is -2.35. The van der Waals surface area contributed by atoms with E-state index in [9.17, 15) is 14.4 Å². The third-order valence-electron chi connectivity index (χ3n) is 5.69. The average molecular weight is 465 g/mol. The molecule has 0 atom stereocenters. The van der Waals surface area contributed by atoms with Gasteiger partial charge in [0.1, 0.15) is 0 Å². The van der Waals surface area contributed by atoms with Crippen LogP contribution in [-0.2, 0) is 21.0 Å². The first-order chi connectivity index (χ1) is 14.0. The molecule has 3 amide bonds. The van der Waals surface area contributed by atoms with Crippen molar-refractivity contribution in [3.63, 3.8) is 0 Å². The van der Waals surface area contributed by atoms with Crippen LogP contribution in [0.25, 0.3) is 0 Å². The minimum Gasteiger partial charge on any atom is -0.371 e. The van der Waals surface area contributed by atoms with E-state index in [0.717, 1.165) is 24.1 Å². The molecule has 1 aromatic carbocycles. The Balaban J connectivity index is 1.33. The van der Waals surface area contributed by atoms with Crippen molar-refractivity contribution in [1.82, 2.24) is 14.9 Å². The van der Waals surface area contributed by atoms with Crippen LogP contribution < -0.4 is 4.90 Å². The van der Waals surface area contributed by atoms with Gasteiger partial charge >= 0.3 is 6.09 Å². The molecule has 0 saturated carbocycles. The lowest BCUT2D eigenvalue weighted by Crippen LogP contribution is -2.50. The second kappa shape index (κ2) is 8.71. The molecular weight excluding hydrogens is 440 g/mol. The minimum atomic E-state index is -0.630. The van der Waals surface area contributed by atoms with Gasteiger partial charge < -0.3 is 14.6 Å². The summed E-state index contributed by atoms with van der Waals surface area (Å²) in [7, 11) is 0. The summed E-state index contributed by atoms with van der Waals surface area (Å²) in [4.78, 5) is 46.9. The van der Waals surface area contributed by atoms with E-state index in [2.05, 4.69) is 43.9 Å². The maximum Gasteiger partial charge on any atom is 0.434 e. The molecule has 1 aromatic rings. The van der Waals surface area contributed by atoms with Crippen LogP contribution in [-0.4, -0.2) is 72.0 Å². The van der Waals surface area contributed by atoms with Gasteiger partial charge in [0, 0.05) is 68.8 Å². The fourth-order valence-corrected chi connectivity index (χ4v) is 4.40. The minimum absolute atomic E-state index is 0.104. The standard InChI is InChI=1S/C20H25BrN4O4/c21-16-4-3-15(17(13-16)23-7-1-2-8-23)14-22-9-11-24(12-10-22)20(28)29-25-18(26)5-6-19(25)27/h3-4,13H,1-2,5-12,14H2. The predicted octanol–water partition coefficient (Wildman–Crippen LogP) is 2.37. The second-order valence-corrected chi connectivity index (χ2v) is 8.59. The zero-order valence-electron chi connectivity index (χ0n) is 16.3. The van der Waals surface area contributed by atoms with E-state index in [1.807, 2.05) is 0 Å². The fraction of sp³-hybridized carbons (Fsp3) is 0.550. The van der Waals surface area contributed by atoms with Crippen LogP contribution >= 0.6 is 15.9 Å². The second-order valence-electron chi connectivity index (χ2n) is 7.67. The number of benzene rings is 1. The van der Waals surface area contributed by atoms with Gasteiger partial charge in [0.2, 0.25) is 0 Å². The number of halogens is 1. The number of carbonyl (C=O) groups excluding carboxylic acids is 3. The molecule has 3 aliphatic heterocycles. The average Bonchev–Trinajstić information content (AvgIpc) is 3.36. The van der Waals surface area contributed by atoms with E-state index in [4.69, 9.17) is 4.84 Å². The molecule has 3 heterocycles. The largest absolute Gasteiger partial charge is 0.434 e. The number of hydrogen-bond acceptors (Lipinski definition) is 6. The van der Waals surface area contributed by atoms with E-state index in [1.54, 1.807) is 4.90 Å². The Bertz CT molecular complexity index is 788. The van der Waals surface area contributed by atoms with Crippen molar-refractivity contribution >= 4 is 39.5 Å². The number of rotatable bonds is 4. The lowest BCUT2D eigenvalue weighted by molar-refractivity contribution is -0.174. The van der Waals surface area contributed by atoms with Crippen LogP contribution in [0, 0.1) is 0 Å². The molecule has 29 heavy (non-hydrogen) atoms. The van der Waals surface area contributed by atoms with Crippen LogP contribution in [0.4, 0.5) is 10.5 Å². The molecule has 0 aromatic heterocycles. The monoisotopic (exact) mass is 464 g/mol. The van der Waals surface area contributed by atoms with Crippen LogP contribution in [0.15, 0.2) is 22.7 Å². The zero-order valence-corrected chi connectivity index (χ0v) is 17.9. The first kappa shape index (κ1) is 20.2. The van der Waals surface area contributed by atoms with Gasteiger partial charge in [-0.25, -0.2) is 4.79 Å². The number of anilines is 1. The molecule has 3 aliphatic rings. The van der Waals surface area contributed by atoms with Crippen molar-refractivity contribution in [2.75, 3.05) is 44.2 Å². The highest BCUT2D eigenvalue weighted by Gasteiger charge is 2.35. The summed E-state index contributed by atoms with van der Waals surface area (Å²) in [5, 5.41) is 0.610. The third-order valence-corrected chi connectivity index (χ3v) is 6.19. The van der Waals surface area contributed by atoms with Crippen molar-refractivity contribution in [1.29, 1.82) is 0 Å². The summed E-state index contributed by atoms with van der Waals surface area (Å²) in [6.45, 7) is 5.45. The molecule has 0 spiro atoms. The Morgan fingerprint density at radius 2 is 1.62 bits per heavy atom. The summed E-state index contributed by atoms with van der Waals surface area (Å²) in [6.07, 6.45) is 2.04. The SMILES string of the molecule is O=C(ON1C(=O)CCC1=O)N1CCN(Cc2ccc(Br)cc2N2CCCC2)CC1. The molecule has 3 saturated heterocycles.